The van der Waals surface area contributed by atoms with Gasteiger partial charge in [0.25, 0.3) is 0 Å². The lowest BCUT2D eigenvalue weighted by Gasteiger charge is -2.10. The van der Waals surface area contributed by atoms with Crippen LogP contribution in [0.3, 0.4) is 0 Å². The fourth-order valence-electron chi connectivity index (χ4n) is 1.18. The summed E-state index contributed by atoms with van der Waals surface area (Å²) in [7, 11) is 0. The van der Waals surface area contributed by atoms with Crippen molar-refractivity contribution in [2.75, 3.05) is 5.75 Å². The molecule has 0 aromatic carbocycles. The van der Waals surface area contributed by atoms with Crippen molar-refractivity contribution in [1.29, 1.82) is 0 Å². The molecule has 3 heteroatoms. The molecule has 0 unspecified atom stereocenters. The van der Waals surface area contributed by atoms with E-state index in [-0.39, 0.29) is 0 Å². The molecular formula is C11H18N2S. The van der Waals surface area contributed by atoms with E-state index in [9.17, 15) is 0 Å². The summed E-state index contributed by atoms with van der Waals surface area (Å²) < 4.78 is 0. The summed E-state index contributed by atoms with van der Waals surface area (Å²) in [5.74, 6) is 1.79. The lowest BCUT2D eigenvalue weighted by molar-refractivity contribution is 0.748. The molecule has 0 amide bonds. The molecule has 0 atom stereocenters. The van der Waals surface area contributed by atoms with Crippen LogP contribution in [0, 0.1) is 12.8 Å². The number of hydrogen-bond donors (Lipinski definition) is 1. The van der Waals surface area contributed by atoms with Gasteiger partial charge >= 0.3 is 0 Å². The number of nitrogens with two attached hydrogens (primary N) is 1. The predicted molar refractivity (Wildman–Crippen MR) is 62.4 cm³/mol. The molecule has 0 bridgehead atoms. The average Bonchev–Trinajstić information content (AvgIpc) is 2.14. The van der Waals surface area contributed by atoms with Gasteiger partial charge in [0.15, 0.2) is 0 Å². The summed E-state index contributed by atoms with van der Waals surface area (Å²) in [6, 6.07) is 2.02. The zero-order valence-electron chi connectivity index (χ0n) is 9.08. The van der Waals surface area contributed by atoms with Crippen molar-refractivity contribution in [2.45, 2.75) is 32.3 Å². The van der Waals surface area contributed by atoms with E-state index < -0.39 is 0 Å². The van der Waals surface area contributed by atoms with E-state index in [0.717, 1.165) is 10.8 Å². The quantitative estimate of drug-likeness (QED) is 0.776. The molecule has 0 spiro atoms. The normalized spacial score (nSPS) is 10.9. The number of aryl methyl sites for hydroxylation is 1. The van der Waals surface area contributed by atoms with Crippen LogP contribution in [0.2, 0.25) is 0 Å². The van der Waals surface area contributed by atoms with E-state index in [0.29, 0.717) is 12.5 Å². The standard InChI is InChI=1S/C11H18N2S/c1-8(2)7-14-11-10(6-12)9(3)4-5-13-11/h4-5,8H,6-7,12H2,1-3H3. The number of aromatic nitrogens is 1. The minimum absolute atomic E-state index is 0.583. The van der Waals surface area contributed by atoms with Crippen LogP contribution in [0.25, 0.3) is 0 Å². The van der Waals surface area contributed by atoms with Crippen molar-refractivity contribution >= 4 is 11.8 Å². The SMILES string of the molecule is Cc1ccnc(SCC(C)C)c1CN. The van der Waals surface area contributed by atoms with Gasteiger partial charge in [-0.3, -0.25) is 0 Å². The molecule has 1 aromatic rings. The van der Waals surface area contributed by atoms with Gasteiger partial charge in [-0.2, -0.15) is 0 Å². The second kappa shape index (κ2) is 5.37. The summed E-state index contributed by atoms with van der Waals surface area (Å²) in [6.07, 6.45) is 1.86. The van der Waals surface area contributed by atoms with Crippen LogP contribution in [0.5, 0.6) is 0 Å². The molecule has 14 heavy (non-hydrogen) atoms. The van der Waals surface area contributed by atoms with Crippen molar-refractivity contribution in [3.05, 3.63) is 23.4 Å². The van der Waals surface area contributed by atoms with E-state index in [2.05, 4.69) is 25.8 Å². The Kier molecular flexibility index (Phi) is 4.42. The predicted octanol–water partition coefficient (Wildman–Crippen LogP) is 2.60. The van der Waals surface area contributed by atoms with Gasteiger partial charge < -0.3 is 5.73 Å². The minimum Gasteiger partial charge on any atom is -0.326 e. The zero-order valence-corrected chi connectivity index (χ0v) is 9.90. The molecule has 1 aromatic heterocycles. The molecule has 0 radical (unpaired) electrons. The monoisotopic (exact) mass is 210 g/mol. The number of hydrogen-bond acceptors (Lipinski definition) is 3. The molecule has 0 aliphatic heterocycles. The van der Waals surface area contributed by atoms with E-state index in [1.807, 2.05) is 12.3 Å². The Bertz CT molecular complexity index is 297. The van der Waals surface area contributed by atoms with E-state index in [1.54, 1.807) is 11.8 Å². The van der Waals surface area contributed by atoms with Crippen LogP contribution in [0.4, 0.5) is 0 Å². The van der Waals surface area contributed by atoms with Crippen LogP contribution in [0.15, 0.2) is 17.3 Å². The summed E-state index contributed by atoms with van der Waals surface area (Å²) in [5, 5.41) is 1.10. The van der Waals surface area contributed by atoms with Crippen molar-refractivity contribution in [3.63, 3.8) is 0 Å². The molecule has 0 saturated heterocycles. The fraction of sp³-hybridized carbons (Fsp3) is 0.545. The molecule has 0 aliphatic rings. The van der Waals surface area contributed by atoms with Crippen LogP contribution >= 0.6 is 11.8 Å². The Morgan fingerprint density at radius 3 is 2.79 bits per heavy atom. The fourth-order valence-corrected chi connectivity index (χ4v) is 2.23. The topological polar surface area (TPSA) is 38.9 Å². The maximum Gasteiger partial charge on any atom is 0.101 e. The smallest absolute Gasteiger partial charge is 0.101 e. The molecule has 2 nitrogen and oxygen atoms in total. The molecule has 78 valence electrons. The summed E-state index contributed by atoms with van der Waals surface area (Å²) in [5.41, 5.74) is 8.14. The van der Waals surface area contributed by atoms with E-state index in [4.69, 9.17) is 5.73 Å². The first-order chi connectivity index (χ1) is 6.65. The molecule has 1 rings (SSSR count). The van der Waals surface area contributed by atoms with Gasteiger partial charge in [0.2, 0.25) is 0 Å². The lowest BCUT2D eigenvalue weighted by atomic mass is 10.2. The highest BCUT2D eigenvalue weighted by Gasteiger charge is 2.06. The Hall–Kier alpha value is -0.540. The first-order valence-corrected chi connectivity index (χ1v) is 5.91. The van der Waals surface area contributed by atoms with Gasteiger partial charge in [-0.15, -0.1) is 11.8 Å². The van der Waals surface area contributed by atoms with Gasteiger partial charge in [0, 0.05) is 24.1 Å². The van der Waals surface area contributed by atoms with E-state index in [1.165, 1.54) is 11.1 Å². The third kappa shape index (κ3) is 3.00. The van der Waals surface area contributed by atoms with Crippen molar-refractivity contribution in [1.82, 2.24) is 4.98 Å². The second-order valence-electron chi connectivity index (χ2n) is 3.82. The largest absolute Gasteiger partial charge is 0.326 e. The first-order valence-electron chi connectivity index (χ1n) is 4.92. The molecule has 1 heterocycles. The van der Waals surface area contributed by atoms with Crippen molar-refractivity contribution < 1.29 is 0 Å². The third-order valence-corrected chi connectivity index (χ3v) is 3.47. The molecule has 2 N–H and O–H groups in total. The van der Waals surface area contributed by atoms with Gasteiger partial charge in [-0.1, -0.05) is 13.8 Å². The summed E-state index contributed by atoms with van der Waals surface area (Å²) in [6.45, 7) is 7.10. The Balaban J connectivity index is 2.80. The number of rotatable bonds is 4. The Morgan fingerprint density at radius 1 is 1.50 bits per heavy atom. The first kappa shape index (κ1) is 11.5. The Labute approximate surface area is 90.3 Å². The lowest BCUT2D eigenvalue weighted by Crippen LogP contribution is -2.03. The molecular weight excluding hydrogens is 192 g/mol. The van der Waals surface area contributed by atoms with Crippen LogP contribution < -0.4 is 5.73 Å². The van der Waals surface area contributed by atoms with Gasteiger partial charge in [0.1, 0.15) is 5.03 Å². The van der Waals surface area contributed by atoms with Crippen molar-refractivity contribution in [2.24, 2.45) is 11.7 Å². The van der Waals surface area contributed by atoms with Gasteiger partial charge in [-0.05, 0) is 24.5 Å². The van der Waals surface area contributed by atoms with Gasteiger partial charge in [-0.25, -0.2) is 4.98 Å². The second-order valence-corrected chi connectivity index (χ2v) is 4.83. The zero-order chi connectivity index (χ0) is 10.6. The van der Waals surface area contributed by atoms with Crippen molar-refractivity contribution in [3.8, 4) is 0 Å². The summed E-state index contributed by atoms with van der Waals surface area (Å²) in [4.78, 5) is 4.37. The number of thioether (sulfide) groups is 1. The van der Waals surface area contributed by atoms with Gasteiger partial charge in [0.05, 0.1) is 0 Å². The van der Waals surface area contributed by atoms with Crippen LogP contribution in [0.1, 0.15) is 25.0 Å². The molecule has 0 aliphatic carbocycles. The third-order valence-electron chi connectivity index (χ3n) is 2.01. The average molecular weight is 210 g/mol. The highest BCUT2D eigenvalue weighted by Crippen LogP contribution is 2.24. The molecule has 0 fully saturated rings. The molecule has 0 saturated carbocycles. The maximum absolute atomic E-state index is 5.70. The Morgan fingerprint density at radius 2 is 2.21 bits per heavy atom. The highest BCUT2D eigenvalue weighted by atomic mass is 32.2. The van der Waals surface area contributed by atoms with Crippen LogP contribution in [-0.4, -0.2) is 10.7 Å². The number of pyridine rings is 1. The highest BCUT2D eigenvalue weighted by molar-refractivity contribution is 7.99. The van der Waals surface area contributed by atoms with E-state index >= 15 is 0 Å². The van der Waals surface area contributed by atoms with Crippen LogP contribution in [-0.2, 0) is 6.54 Å². The minimum atomic E-state index is 0.583. The summed E-state index contributed by atoms with van der Waals surface area (Å²) >= 11 is 1.80. The number of nitrogens with zero attached hydrogens (tertiary/aromatic N) is 1. The maximum atomic E-state index is 5.70.